The van der Waals surface area contributed by atoms with Gasteiger partial charge in [-0.2, -0.15) is 0 Å². The summed E-state index contributed by atoms with van der Waals surface area (Å²) in [7, 11) is 0. The van der Waals surface area contributed by atoms with Crippen LogP contribution in [0, 0.1) is 11.6 Å². The molecule has 12 heavy (non-hydrogen) atoms. The van der Waals surface area contributed by atoms with E-state index in [9.17, 15) is 8.78 Å². The van der Waals surface area contributed by atoms with Gasteiger partial charge in [-0.15, -0.1) is 0 Å². The lowest BCUT2D eigenvalue weighted by Gasteiger charge is -1.96. The summed E-state index contributed by atoms with van der Waals surface area (Å²) >= 11 is 0. The van der Waals surface area contributed by atoms with E-state index in [1.54, 1.807) is 0 Å². The van der Waals surface area contributed by atoms with E-state index in [2.05, 4.69) is 0 Å². The van der Waals surface area contributed by atoms with Gasteiger partial charge in [-0.05, 0) is 12.1 Å². The van der Waals surface area contributed by atoms with E-state index in [1.807, 2.05) is 0 Å². The number of aliphatic hydroxyl groups excluding tert-OH is 1. The molecule has 0 aliphatic heterocycles. The topological polar surface area (TPSA) is 20.2 Å². The number of benzene rings is 1. The van der Waals surface area contributed by atoms with Crippen LogP contribution in [0.2, 0.25) is 0 Å². The fourth-order valence-corrected chi connectivity index (χ4v) is 0.840. The molecule has 0 spiro atoms. The van der Waals surface area contributed by atoms with Crippen molar-refractivity contribution in [1.82, 2.24) is 0 Å². The molecule has 1 N–H and O–H groups in total. The lowest BCUT2D eigenvalue weighted by molar-refractivity contribution is 0.343. The first-order valence-corrected chi connectivity index (χ1v) is 3.47. The lowest BCUT2D eigenvalue weighted by Crippen LogP contribution is -1.87. The van der Waals surface area contributed by atoms with E-state index in [1.165, 1.54) is 30.4 Å². The van der Waals surface area contributed by atoms with Crippen molar-refractivity contribution < 1.29 is 13.9 Å². The van der Waals surface area contributed by atoms with E-state index in [0.717, 1.165) is 0 Å². The van der Waals surface area contributed by atoms with Gasteiger partial charge in [0.25, 0.3) is 0 Å². The Bertz CT molecular complexity index is 274. The Balaban J connectivity index is 3.04. The van der Waals surface area contributed by atoms with Crippen molar-refractivity contribution in [3.05, 3.63) is 41.5 Å². The second-order valence-electron chi connectivity index (χ2n) is 2.22. The molecule has 0 saturated carbocycles. The Morgan fingerprint density at radius 2 is 1.83 bits per heavy atom. The highest BCUT2D eigenvalue weighted by Gasteiger charge is 2.02. The van der Waals surface area contributed by atoms with Crippen molar-refractivity contribution in [2.45, 2.75) is 0 Å². The highest BCUT2D eigenvalue weighted by atomic mass is 19.1. The second kappa shape index (κ2) is 3.97. The van der Waals surface area contributed by atoms with Gasteiger partial charge in [-0.25, -0.2) is 8.78 Å². The van der Waals surface area contributed by atoms with E-state index in [0.29, 0.717) is 0 Å². The minimum absolute atomic E-state index is 0.119. The Hall–Kier alpha value is -1.22. The first kappa shape index (κ1) is 8.87. The molecule has 0 aliphatic carbocycles. The molecule has 0 atom stereocenters. The van der Waals surface area contributed by atoms with E-state index < -0.39 is 11.6 Å². The molecule has 1 rings (SSSR count). The van der Waals surface area contributed by atoms with Crippen molar-refractivity contribution in [3.63, 3.8) is 0 Å². The fourth-order valence-electron chi connectivity index (χ4n) is 0.840. The van der Waals surface area contributed by atoms with E-state index in [-0.39, 0.29) is 12.2 Å². The third-order valence-corrected chi connectivity index (χ3v) is 1.39. The maximum atomic E-state index is 12.8. The molecule has 64 valence electrons. The molecule has 0 aliphatic rings. The number of hydrogen-bond donors (Lipinski definition) is 1. The van der Waals surface area contributed by atoms with Gasteiger partial charge in [-0.3, -0.25) is 0 Å². The molecule has 0 unspecified atom stereocenters. The molecule has 0 bridgehead atoms. The zero-order valence-electron chi connectivity index (χ0n) is 6.30. The quantitative estimate of drug-likeness (QED) is 0.719. The Kier molecular flexibility index (Phi) is 2.94. The molecule has 0 aromatic heterocycles. The van der Waals surface area contributed by atoms with Crippen LogP contribution in [0.5, 0.6) is 0 Å². The minimum atomic E-state index is -0.625. The van der Waals surface area contributed by atoms with Crippen LogP contribution in [0.3, 0.4) is 0 Å². The molecule has 0 fully saturated rings. The largest absolute Gasteiger partial charge is 0.392 e. The Morgan fingerprint density at radius 1 is 1.25 bits per heavy atom. The van der Waals surface area contributed by atoms with Gasteiger partial charge < -0.3 is 5.11 Å². The minimum Gasteiger partial charge on any atom is -0.392 e. The standard InChI is InChI=1S/C9H8F2O/c10-8-4-1-5-9(11)7(8)3-2-6-12/h1-5,12H,6H2. The molecule has 0 heterocycles. The van der Waals surface area contributed by atoms with Crippen LogP contribution in [0.25, 0.3) is 6.08 Å². The van der Waals surface area contributed by atoms with Crippen molar-refractivity contribution in [2.24, 2.45) is 0 Å². The average Bonchev–Trinajstić information content (AvgIpc) is 2.04. The van der Waals surface area contributed by atoms with Gasteiger partial charge in [0, 0.05) is 5.56 Å². The maximum absolute atomic E-state index is 12.8. The molecule has 0 saturated heterocycles. The van der Waals surface area contributed by atoms with Crippen LogP contribution >= 0.6 is 0 Å². The predicted octanol–water partition coefficient (Wildman–Crippen LogP) is 1.97. The third-order valence-electron chi connectivity index (χ3n) is 1.39. The normalized spacial score (nSPS) is 10.9. The van der Waals surface area contributed by atoms with Gasteiger partial charge in [0.2, 0.25) is 0 Å². The second-order valence-corrected chi connectivity index (χ2v) is 2.22. The molecule has 3 heteroatoms. The SMILES string of the molecule is OCC=Cc1c(F)cccc1F. The number of aliphatic hydroxyl groups is 1. The van der Waals surface area contributed by atoms with E-state index in [4.69, 9.17) is 5.11 Å². The van der Waals surface area contributed by atoms with Crippen LogP contribution in [0.15, 0.2) is 24.3 Å². The summed E-state index contributed by atoms with van der Waals surface area (Å²) in [5.74, 6) is -1.25. The number of halogens is 2. The Labute approximate surface area is 69.0 Å². The maximum Gasteiger partial charge on any atom is 0.133 e. The van der Waals surface area contributed by atoms with Gasteiger partial charge >= 0.3 is 0 Å². The van der Waals surface area contributed by atoms with Gasteiger partial charge in [-0.1, -0.05) is 18.2 Å². The molecule has 1 nitrogen and oxygen atoms in total. The van der Waals surface area contributed by atoms with Crippen LogP contribution < -0.4 is 0 Å². The summed E-state index contributed by atoms with van der Waals surface area (Å²) in [4.78, 5) is 0. The van der Waals surface area contributed by atoms with Crippen LogP contribution in [-0.2, 0) is 0 Å². The average molecular weight is 170 g/mol. The first-order chi connectivity index (χ1) is 5.75. The number of hydrogen-bond acceptors (Lipinski definition) is 1. The van der Waals surface area contributed by atoms with Crippen LogP contribution in [-0.4, -0.2) is 11.7 Å². The molecular formula is C9H8F2O. The first-order valence-electron chi connectivity index (χ1n) is 3.47. The molecule has 0 radical (unpaired) electrons. The summed E-state index contributed by atoms with van der Waals surface area (Å²) in [6, 6.07) is 3.63. The summed E-state index contributed by atoms with van der Waals surface area (Å²) in [5, 5.41) is 8.38. The summed E-state index contributed by atoms with van der Waals surface area (Å²) < 4.78 is 25.6. The fraction of sp³-hybridized carbons (Fsp3) is 0.111. The number of rotatable bonds is 2. The van der Waals surface area contributed by atoms with Gasteiger partial charge in [0.05, 0.1) is 6.61 Å². The molecule has 0 amide bonds. The van der Waals surface area contributed by atoms with Crippen molar-refractivity contribution in [3.8, 4) is 0 Å². The zero-order chi connectivity index (χ0) is 8.97. The molecule has 1 aromatic carbocycles. The summed E-state index contributed by atoms with van der Waals surface area (Å²) in [6.07, 6.45) is 2.49. The van der Waals surface area contributed by atoms with Crippen molar-refractivity contribution in [2.75, 3.05) is 6.61 Å². The van der Waals surface area contributed by atoms with Gasteiger partial charge in [0.1, 0.15) is 11.6 Å². The van der Waals surface area contributed by atoms with Crippen molar-refractivity contribution >= 4 is 6.08 Å². The lowest BCUT2D eigenvalue weighted by atomic mass is 10.2. The molecular weight excluding hydrogens is 162 g/mol. The smallest absolute Gasteiger partial charge is 0.133 e. The summed E-state index contributed by atoms with van der Waals surface area (Å²) in [6.45, 7) is -0.228. The highest BCUT2D eigenvalue weighted by Crippen LogP contribution is 2.13. The van der Waals surface area contributed by atoms with E-state index >= 15 is 0 Å². The monoisotopic (exact) mass is 170 g/mol. The predicted molar refractivity (Wildman–Crippen MR) is 42.5 cm³/mol. The molecule has 1 aromatic rings. The highest BCUT2D eigenvalue weighted by molar-refractivity contribution is 5.50. The van der Waals surface area contributed by atoms with Gasteiger partial charge in [0.15, 0.2) is 0 Å². The van der Waals surface area contributed by atoms with Crippen LogP contribution in [0.1, 0.15) is 5.56 Å². The zero-order valence-corrected chi connectivity index (χ0v) is 6.30. The summed E-state index contributed by atoms with van der Waals surface area (Å²) in [5.41, 5.74) is -0.119. The van der Waals surface area contributed by atoms with Crippen LogP contribution in [0.4, 0.5) is 8.78 Å². The van der Waals surface area contributed by atoms with Crippen molar-refractivity contribution in [1.29, 1.82) is 0 Å². The Morgan fingerprint density at radius 3 is 2.33 bits per heavy atom. The third kappa shape index (κ3) is 1.89.